The number of pyridine rings is 1. The van der Waals surface area contributed by atoms with Gasteiger partial charge in [0.2, 0.25) is 5.88 Å². The number of aliphatic hydroxyl groups is 1. The van der Waals surface area contributed by atoms with Crippen LogP contribution in [0.1, 0.15) is 23.1 Å². The van der Waals surface area contributed by atoms with Gasteiger partial charge in [0, 0.05) is 12.3 Å². The maximum absolute atomic E-state index is 12.7. The highest BCUT2D eigenvalue weighted by Gasteiger charge is 2.60. The van der Waals surface area contributed by atoms with Crippen LogP contribution in [0.15, 0.2) is 47.8 Å². The predicted molar refractivity (Wildman–Crippen MR) is 83.3 cm³/mol. The third-order valence-corrected chi connectivity index (χ3v) is 3.86. The molecule has 1 aromatic carbocycles. The zero-order chi connectivity index (χ0) is 18.1. The number of nitrogens with zero attached hydrogens (tertiary/aromatic N) is 2. The Morgan fingerprint density at radius 3 is 2.36 bits per heavy atom. The average Bonchev–Trinajstić information content (AvgIpc) is 3.00. The largest absolute Gasteiger partial charge is 0.481 e. The molecule has 0 aliphatic carbocycles. The monoisotopic (exact) mass is 352 g/mol. The number of ether oxygens (including phenoxy) is 1. The van der Waals surface area contributed by atoms with Crippen LogP contribution in [-0.4, -0.2) is 34.9 Å². The molecule has 0 amide bonds. The molecule has 5 nitrogen and oxygen atoms in total. The molecule has 0 radical (unpaired) electrons. The van der Waals surface area contributed by atoms with Crippen LogP contribution in [0.2, 0.25) is 0 Å². The maximum atomic E-state index is 12.7. The fraction of sp³-hybridized carbons (Fsp3) is 0.294. The van der Waals surface area contributed by atoms with Crippen LogP contribution in [0.4, 0.5) is 13.2 Å². The van der Waals surface area contributed by atoms with Crippen molar-refractivity contribution in [2.75, 3.05) is 7.11 Å². The van der Waals surface area contributed by atoms with E-state index in [0.29, 0.717) is 17.9 Å². The fourth-order valence-electron chi connectivity index (χ4n) is 2.42. The molecule has 1 aliphatic rings. The molecule has 1 N–H and O–H groups in total. The lowest BCUT2D eigenvalue weighted by atomic mass is 9.99. The molecule has 132 valence electrons. The van der Waals surface area contributed by atoms with Crippen LogP contribution in [0.3, 0.4) is 0 Å². The minimum Gasteiger partial charge on any atom is -0.481 e. The Hall–Kier alpha value is -2.61. The van der Waals surface area contributed by atoms with Gasteiger partial charge in [0.1, 0.15) is 0 Å². The second kappa shape index (κ2) is 6.36. The molecule has 2 heterocycles. The normalized spacial score (nSPS) is 20.1. The fourth-order valence-corrected chi connectivity index (χ4v) is 2.42. The van der Waals surface area contributed by atoms with E-state index in [1.807, 2.05) is 6.07 Å². The smallest absolute Gasteiger partial charge is 0.458 e. The molecule has 1 aromatic heterocycles. The minimum absolute atomic E-state index is 0.0532. The number of benzene rings is 1. The van der Waals surface area contributed by atoms with Gasteiger partial charge in [0.05, 0.1) is 19.2 Å². The van der Waals surface area contributed by atoms with Gasteiger partial charge in [-0.05, 0) is 23.1 Å². The summed E-state index contributed by atoms with van der Waals surface area (Å²) in [7, 11) is 1.54. The molecule has 1 aliphatic heterocycles. The van der Waals surface area contributed by atoms with Crippen LogP contribution >= 0.6 is 0 Å². The van der Waals surface area contributed by atoms with E-state index in [4.69, 9.17) is 4.74 Å². The quantitative estimate of drug-likeness (QED) is 0.919. The summed E-state index contributed by atoms with van der Waals surface area (Å²) in [6.07, 6.45) is -3.32. The van der Waals surface area contributed by atoms with Crippen molar-refractivity contribution in [1.82, 2.24) is 4.98 Å². The van der Waals surface area contributed by atoms with Gasteiger partial charge in [0.15, 0.2) is 0 Å². The van der Waals surface area contributed by atoms with Crippen LogP contribution in [-0.2, 0) is 11.3 Å². The van der Waals surface area contributed by atoms with Crippen LogP contribution < -0.4 is 4.74 Å². The summed E-state index contributed by atoms with van der Waals surface area (Å²) in [6, 6.07) is 10.5. The molecule has 25 heavy (non-hydrogen) atoms. The van der Waals surface area contributed by atoms with Crippen molar-refractivity contribution < 1.29 is 27.9 Å². The van der Waals surface area contributed by atoms with Gasteiger partial charge in [-0.1, -0.05) is 35.5 Å². The molecular formula is C17H15F3N2O3. The summed E-state index contributed by atoms with van der Waals surface area (Å²) < 4.78 is 43.2. The van der Waals surface area contributed by atoms with Gasteiger partial charge in [-0.2, -0.15) is 13.2 Å². The molecular weight excluding hydrogens is 337 g/mol. The van der Waals surface area contributed by atoms with Crippen molar-refractivity contribution in [2.45, 2.75) is 24.8 Å². The van der Waals surface area contributed by atoms with Gasteiger partial charge < -0.3 is 14.7 Å². The van der Waals surface area contributed by atoms with Gasteiger partial charge in [-0.25, -0.2) is 4.98 Å². The molecule has 3 rings (SSSR count). The Bertz CT molecular complexity index is 773. The Morgan fingerprint density at radius 2 is 1.84 bits per heavy atom. The van der Waals surface area contributed by atoms with E-state index in [-0.39, 0.29) is 5.71 Å². The molecule has 1 unspecified atom stereocenters. The van der Waals surface area contributed by atoms with Gasteiger partial charge in [-0.15, -0.1) is 0 Å². The lowest BCUT2D eigenvalue weighted by Gasteiger charge is -2.22. The Morgan fingerprint density at radius 1 is 1.16 bits per heavy atom. The Labute approximate surface area is 141 Å². The van der Waals surface area contributed by atoms with Crippen molar-refractivity contribution >= 4 is 5.71 Å². The van der Waals surface area contributed by atoms with E-state index in [2.05, 4.69) is 15.0 Å². The molecule has 0 saturated carbocycles. The minimum atomic E-state index is -4.90. The highest BCUT2D eigenvalue weighted by molar-refractivity contribution is 6.01. The molecule has 0 spiro atoms. The summed E-state index contributed by atoms with van der Waals surface area (Å²) in [6.45, 7) is 0. The summed E-state index contributed by atoms with van der Waals surface area (Å²) in [5.41, 5.74) is 2.46. The van der Waals surface area contributed by atoms with Crippen molar-refractivity contribution in [2.24, 2.45) is 5.16 Å². The lowest BCUT2D eigenvalue weighted by molar-refractivity contribution is -0.355. The van der Waals surface area contributed by atoms with E-state index in [9.17, 15) is 18.3 Å². The van der Waals surface area contributed by atoms with Gasteiger partial charge >= 0.3 is 12.0 Å². The van der Waals surface area contributed by atoms with E-state index >= 15 is 0 Å². The zero-order valence-corrected chi connectivity index (χ0v) is 13.2. The molecule has 8 heteroatoms. The summed E-state index contributed by atoms with van der Waals surface area (Å²) >= 11 is 0. The third kappa shape index (κ3) is 3.58. The van der Waals surface area contributed by atoms with E-state index in [1.54, 1.807) is 36.5 Å². The van der Waals surface area contributed by atoms with Crippen molar-refractivity contribution in [3.63, 3.8) is 0 Å². The SMILES string of the molecule is COc1ccc(Cc2ccc(C3=NOC(O)(C(F)(F)F)C3)cc2)cn1. The van der Waals surface area contributed by atoms with Crippen LogP contribution in [0.25, 0.3) is 0 Å². The first kappa shape index (κ1) is 17.2. The number of alkyl halides is 3. The number of halogens is 3. The van der Waals surface area contributed by atoms with Gasteiger partial charge in [-0.3, -0.25) is 0 Å². The lowest BCUT2D eigenvalue weighted by Crippen LogP contribution is -2.45. The summed E-state index contributed by atoms with van der Waals surface area (Å²) in [5, 5.41) is 12.9. The summed E-state index contributed by atoms with van der Waals surface area (Å²) in [4.78, 5) is 8.34. The Kier molecular flexibility index (Phi) is 4.38. The van der Waals surface area contributed by atoms with Crippen molar-refractivity contribution in [1.29, 1.82) is 0 Å². The van der Waals surface area contributed by atoms with Gasteiger partial charge in [0.25, 0.3) is 0 Å². The van der Waals surface area contributed by atoms with Crippen LogP contribution in [0.5, 0.6) is 5.88 Å². The standard InChI is InChI=1S/C17H15F3N2O3/c1-24-15-7-4-12(10-21-15)8-11-2-5-13(6-3-11)14-9-16(23,25-22-14)17(18,19)20/h2-7,10,23H,8-9H2,1H3. The number of hydrogen-bond donors (Lipinski definition) is 1. The molecule has 1 atom stereocenters. The van der Waals surface area contributed by atoms with E-state index < -0.39 is 18.4 Å². The first-order chi connectivity index (χ1) is 11.8. The zero-order valence-electron chi connectivity index (χ0n) is 13.2. The third-order valence-electron chi connectivity index (χ3n) is 3.86. The second-order valence-electron chi connectivity index (χ2n) is 5.67. The average molecular weight is 352 g/mol. The molecule has 0 saturated heterocycles. The van der Waals surface area contributed by atoms with Crippen molar-refractivity contribution in [3.8, 4) is 5.88 Å². The number of oxime groups is 1. The predicted octanol–water partition coefficient (Wildman–Crippen LogP) is 3.06. The van der Waals surface area contributed by atoms with E-state index in [1.165, 1.54) is 7.11 Å². The molecule has 0 fully saturated rings. The second-order valence-corrected chi connectivity index (χ2v) is 5.67. The van der Waals surface area contributed by atoms with Crippen LogP contribution in [0, 0.1) is 0 Å². The number of methoxy groups -OCH3 is 1. The van der Waals surface area contributed by atoms with Crippen molar-refractivity contribution in [3.05, 3.63) is 59.3 Å². The highest BCUT2D eigenvalue weighted by atomic mass is 19.4. The van der Waals surface area contributed by atoms with E-state index in [0.717, 1.165) is 11.1 Å². The number of hydrogen-bond acceptors (Lipinski definition) is 5. The first-order valence-corrected chi connectivity index (χ1v) is 7.43. The summed E-state index contributed by atoms with van der Waals surface area (Å²) in [5.74, 6) is -2.73. The molecule has 0 bridgehead atoms. The number of aromatic nitrogens is 1. The Balaban J connectivity index is 1.68. The topological polar surface area (TPSA) is 63.9 Å². The number of rotatable bonds is 4. The first-order valence-electron chi connectivity index (χ1n) is 7.43. The maximum Gasteiger partial charge on any atom is 0.458 e. The highest BCUT2D eigenvalue weighted by Crippen LogP contribution is 2.38. The molecule has 2 aromatic rings.